The molecule has 8 nitrogen and oxygen atoms in total. The molecule has 1 saturated heterocycles. The summed E-state index contributed by atoms with van der Waals surface area (Å²) in [7, 11) is -5.06. The van der Waals surface area contributed by atoms with E-state index in [2.05, 4.69) is 0 Å². The van der Waals surface area contributed by atoms with Crippen LogP contribution in [0.1, 0.15) is 0 Å². The topological polar surface area (TPSA) is 110 Å². The van der Waals surface area contributed by atoms with E-state index in [1.54, 1.807) is 30.3 Å². The third-order valence-electron chi connectivity index (χ3n) is 4.51. The van der Waals surface area contributed by atoms with Crippen molar-refractivity contribution in [3.63, 3.8) is 0 Å². The van der Waals surface area contributed by atoms with Crippen molar-refractivity contribution in [2.75, 3.05) is 30.0 Å². The Morgan fingerprint density at radius 2 is 1.71 bits per heavy atom. The first-order chi connectivity index (χ1) is 13.2. The van der Waals surface area contributed by atoms with Crippen molar-refractivity contribution < 1.29 is 31.4 Å². The number of aliphatic hydroxyl groups excluding tert-OH is 1. The Hall–Kier alpha value is -2.30. The molecule has 0 bridgehead atoms. The molecule has 2 aromatic rings. The first kappa shape index (κ1) is 20.4. The SMILES string of the molecule is COc1ccc(S(=O)(=O)N(c2ccccc2)[C@@H]2CS(=O)(=O)C[C@@H]2O)c(OC)c1. The number of ether oxygens (including phenoxy) is 2. The molecule has 2 atom stereocenters. The number of hydrogen-bond acceptors (Lipinski definition) is 7. The molecule has 0 spiro atoms. The van der Waals surface area contributed by atoms with Gasteiger partial charge in [0.2, 0.25) is 0 Å². The van der Waals surface area contributed by atoms with Gasteiger partial charge in [-0.25, -0.2) is 16.8 Å². The van der Waals surface area contributed by atoms with Crippen LogP contribution in [0.3, 0.4) is 0 Å². The summed E-state index contributed by atoms with van der Waals surface area (Å²) in [6.45, 7) is 0. The summed E-state index contributed by atoms with van der Waals surface area (Å²) in [5.41, 5.74) is 0.251. The Kier molecular flexibility index (Phi) is 5.55. The third-order valence-corrected chi connectivity index (χ3v) is 8.10. The number of benzene rings is 2. The highest BCUT2D eigenvalue weighted by molar-refractivity contribution is 7.93. The number of anilines is 1. The monoisotopic (exact) mass is 427 g/mol. The Morgan fingerprint density at radius 1 is 1.04 bits per heavy atom. The normalized spacial score (nSPS) is 21.2. The van der Waals surface area contributed by atoms with Gasteiger partial charge in [-0.1, -0.05) is 18.2 Å². The van der Waals surface area contributed by atoms with Crippen LogP contribution in [0, 0.1) is 0 Å². The highest BCUT2D eigenvalue weighted by Gasteiger charge is 2.45. The molecule has 0 radical (unpaired) electrons. The summed E-state index contributed by atoms with van der Waals surface area (Å²) in [4.78, 5) is -0.156. The second-order valence-corrected chi connectivity index (χ2v) is 10.3. The maximum Gasteiger partial charge on any atom is 0.268 e. The number of aliphatic hydroxyl groups is 1. The van der Waals surface area contributed by atoms with E-state index in [1.807, 2.05) is 0 Å². The Morgan fingerprint density at radius 3 is 2.25 bits per heavy atom. The molecule has 0 amide bonds. The second kappa shape index (κ2) is 7.61. The van der Waals surface area contributed by atoms with E-state index >= 15 is 0 Å². The first-order valence-electron chi connectivity index (χ1n) is 8.39. The fourth-order valence-electron chi connectivity index (χ4n) is 3.21. The fraction of sp³-hybridized carbons (Fsp3) is 0.333. The Labute approximate surface area is 164 Å². The lowest BCUT2D eigenvalue weighted by Crippen LogP contribution is -2.47. The molecule has 152 valence electrons. The maximum absolute atomic E-state index is 13.6. The van der Waals surface area contributed by atoms with Gasteiger partial charge in [0.05, 0.1) is 43.6 Å². The molecule has 1 N–H and O–H groups in total. The van der Waals surface area contributed by atoms with Crippen molar-refractivity contribution in [3.8, 4) is 11.5 Å². The lowest BCUT2D eigenvalue weighted by molar-refractivity contribution is 0.184. The smallest absolute Gasteiger partial charge is 0.268 e. The number of nitrogens with zero attached hydrogens (tertiary/aromatic N) is 1. The summed E-state index contributed by atoms with van der Waals surface area (Å²) in [6, 6.07) is 11.2. The highest BCUT2D eigenvalue weighted by Crippen LogP contribution is 2.36. The molecule has 1 aliphatic rings. The Balaban J connectivity index is 2.18. The van der Waals surface area contributed by atoms with E-state index in [-0.39, 0.29) is 16.3 Å². The largest absolute Gasteiger partial charge is 0.497 e. The van der Waals surface area contributed by atoms with Crippen LogP contribution in [0.4, 0.5) is 5.69 Å². The molecule has 3 rings (SSSR count). The molecular weight excluding hydrogens is 406 g/mol. The number of sulfone groups is 1. The minimum Gasteiger partial charge on any atom is -0.497 e. The van der Waals surface area contributed by atoms with E-state index in [9.17, 15) is 21.9 Å². The number of sulfonamides is 1. The predicted molar refractivity (Wildman–Crippen MR) is 104 cm³/mol. The van der Waals surface area contributed by atoms with Gasteiger partial charge >= 0.3 is 0 Å². The quantitative estimate of drug-likeness (QED) is 0.734. The van der Waals surface area contributed by atoms with Gasteiger partial charge in [-0.3, -0.25) is 4.31 Å². The number of hydrogen-bond donors (Lipinski definition) is 1. The lowest BCUT2D eigenvalue weighted by atomic mass is 10.2. The molecule has 0 unspecified atom stereocenters. The van der Waals surface area contributed by atoms with Crippen molar-refractivity contribution in [1.82, 2.24) is 0 Å². The van der Waals surface area contributed by atoms with Crippen LogP contribution in [0.15, 0.2) is 53.4 Å². The van der Waals surface area contributed by atoms with Crippen LogP contribution in [-0.4, -0.2) is 59.8 Å². The number of para-hydroxylation sites is 1. The minimum absolute atomic E-state index is 0.0515. The molecule has 2 aromatic carbocycles. The van der Waals surface area contributed by atoms with E-state index in [0.29, 0.717) is 5.75 Å². The van der Waals surface area contributed by atoms with Crippen LogP contribution in [-0.2, 0) is 19.9 Å². The maximum atomic E-state index is 13.6. The molecule has 28 heavy (non-hydrogen) atoms. The van der Waals surface area contributed by atoms with Crippen LogP contribution in [0.25, 0.3) is 0 Å². The Bertz CT molecular complexity index is 1050. The van der Waals surface area contributed by atoms with Gasteiger partial charge < -0.3 is 14.6 Å². The number of rotatable bonds is 6. The van der Waals surface area contributed by atoms with Gasteiger partial charge in [-0.15, -0.1) is 0 Å². The third kappa shape index (κ3) is 3.80. The van der Waals surface area contributed by atoms with Gasteiger partial charge in [0, 0.05) is 6.07 Å². The fourth-order valence-corrected chi connectivity index (χ4v) is 6.90. The van der Waals surface area contributed by atoms with Crippen LogP contribution in [0.5, 0.6) is 11.5 Å². The molecule has 1 heterocycles. The summed E-state index contributed by atoms with van der Waals surface area (Å²) in [5, 5.41) is 10.3. The zero-order valence-corrected chi connectivity index (χ0v) is 17.0. The van der Waals surface area contributed by atoms with E-state index < -0.39 is 43.5 Å². The van der Waals surface area contributed by atoms with Crippen LogP contribution in [0.2, 0.25) is 0 Å². The van der Waals surface area contributed by atoms with Gasteiger partial charge in [-0.2, -0.15) is 0 Å². The molecular formula is C18H21NO7S2. The molecule has 1 fully saturated rings. The van der Waals surface area contributed by atoms with E-state index in [1.165, 1.54) is 32.4 Å². The summed E-state index contributed by atoms with van der Waals surface area (Å²) in [6.07, 6.45) is -1.34. The second-order valence-electron chi connectivity index (χ2n) is 6.36. The van der Waals surface area contributed by atoms with Crippen molar-refractivity contribution in [3.05, 3.63) is 48.5 Å². The van der Waals surface area contributed by atoms with E-state index in [0.717, 1.165) is 4.31 Å². The lowest BCUT2D eigenvalue weighted by Gasteiger charge is -2.31. The van der Waals surface area contributed by atoms with Crippen LogP contribution < -0.4 is 13.8 Å². The summed E-state index contributed by atoms with van der Waals surface area (Å²) < 4.78 is 62.5. The minimum atomic E-state index is -4.26. The molecule has 1 aliphatic heterocycles. The van der Waals surface area contributed by atoms with E-state index in [4.69, 9.17) is 9.47 Å². The summed E-state index contributed by atoms with van der Waals surface area (Å²) in [5.74, 6) is -0.502. The average Bonchev–Trinajstić information content (AvgIpc) is 2.93. The van der Waals surface area contributed by atoms with Gasteiger partial charge in [0.1, 0.15) is 16.4 Å². The number of methoxy groups -OCH3 is 2. The van der Waals surface area contributed by atoms with Crippen molar-refractivity contribution in [2.45, 2.75) is 17.0 Å². The standard InChI is InChI=1S/C18H21NO7S2/c1-25-14-8-9-18(17(10-14)26-2)28(23,24)19(13-6-4-3-5-7-13)15-11-27(21,22)12-16(15)20/h3-10,15-16,20H,11-12H2,1-2H3/t15-,16+/m1/s1. The molecule has 0 aliphatic carbocycles. The first-order valence-corrected chi connectivity index (χ1v) is 11.7. The average molecular weight is 428 g/mol. The van der Waals surface area contributed by atoms with Crippen molar-refractivity contribution in [2.24, 2.45) is 0 Å². The van der Waals surface area contributed by atoms with Gasteiger partial charge in [0.25, 0.3) is 10.0 Å². The molecule has 0 saturated carbocycles. The highest BCUT2D eigenvalue weighted by atomic mass is 32.2. The zero-order chi connectivity index (χ0) is 20.5. The summed E-state index contributed by atoms with van der Waals surface area (Å²) >= 11 is 0. The van der Waals surface area contributed by atoms with Crippen molar-refractivity contribution >= 4 is 25.5 Å². The van der Waals surface area contributed by atoms with Gasteiger partial charge in [-0.05, 0) is 24.3 Å². The van der Waals surface area contributed by atoms with Gasteiger partial charge in [0.15, 0.2) is 9.84 Å². The predicted octanol–water partition coefficient (Wildman–Crippen LogP) is 1.06. The molecule has 0 aromatic heterocycles. The molecule has 10 heteroatoms. The van der Waals surface area contributed by atoms with Crippen LogP contribution >= 0.6 is 0 Å². The van der Waals surface area contributed by atoms with Crippen molar-refractivity contribution in [1.29, 1.82) is 0 Å². The zero-order valence-electron chi connectivity index (χ0n) is 15.3.